The number of thioether (sulfide) groups is 1. The van der Waals surface area contributed by atoms with E-state index < -0.39 is 0 Å². The molecule has 1 aromatic heterocycles. The lowest BCUT2D eigenvalue weighted by molar-refractivity contribution is 0.444. The van der Waals surface area contributed by atoms with Gasteiger partial charge in [-0.2, -0.15) is 0 Å². The first-order valence-corrected chi connectivity index (χ1v) is 8.26. The highest BCUT2D eigenvalue weighted by Crippen LogP contribution is 2.36. The molecule has 0 fully saturated rings. The zero-order valence-corrected chi connectivity index (χ0v) is 13.2. The van der Waals surface area contributed by atoms with Gasteiger partial charge in [-0.1, -0.05) is 72.4 Å². The predicted octanol–water partition coefficient (Wildman–Crippen LogP) is 6.06. The standard InChI is InChI=1S/C18H14OS2/c1-21-16-12-15(13-8-4-2-5-9-13)17(18(20)19-16)14-10-6-3-7-11-14/h2-12H,1H3. The zero-order valence-electron chi connectivity index (χ0n) is 11.6. The molecule has 1 heterocycles. The second-order valence-electron chi connectivity index (χ2n) is 4.58. The lowest BCUT2D eigenvalue weighted by Crippen LogP contribution is -1.88. The largest absolute Gasteiger partial charge is 0.438 e. The molecule has 0 aliphatic rings. The molecule has 3 heteroatoms. The summed E-state index contributed by atoms with van der Waals surface area (Å²) < 4.78 is 6.29. The first-order chi connectivity index (χ1) is 10.3. The van der Waals surface area contributed by atoms with Crippen molar-refractivity contribution >= 4 is 24.0 Å². The molecule has 0 radical (unpaired) electrons. The normalized spacial score (nSPS) is 10.5. The summed E-state index contributed by atoms with van der Waals surface area (Å²) in [5.74, 6) is 0. The van der Waals surface area contributed by atoms with Gasteiger partial charge in [0.05, 0.1) is 0 Å². The van der Waals surface area contributed by atoms with Crippen molar-refractivity contribution < 1.29 is 4.42 Å². The smallest absolute Gasteiger partial charge is 0.200 e. The van der Waals surface area contributed by atoms with Gasteiger partial charge in [-0.15, -0.1) is 0 Å². The van der Waals surface area contributed by atoms with Crippen molar-refractivity contribution in [2.24, 2.45) is 0 Å². The maximum Gasteiger partial charge on any atom is 0.200 e. The topological polar surface area (TPSA) is 13.1 Å². The average molecular weight is 310 g/mol. The molecule has 0 saturated carbocycles. The molecule has 0 aliphatic carbocycles. The lowest BCUT2D eigenvalue weighted by atomic mass is 9.97. The van der Waals surface area contributed by atoms with Gasteiger partial charge in [-0.25, -0.2) is 0 Å². The molecule has 0 atom stereocenters. The fraction of sp³-hybridized carbons (Fsp3) is 0.0556. The monoisotopic (exact) mass is 310 g/mol. The number of benzene rings is 2. The van der Waals surface area contributed by atoms with E-state index in [1.807, 2.05) is 42.7 Å². The molecule has 104 valence electrons. The van der Waals surface area contributed by atoms with Crippen molar-refractivity contribution in [1.82, 2.24) is 0 Å². The molecule has 21 heavy (non-hydrogen) atoms. The Labute approximate surface area is 133 Å². The van der Waals surface area contributed by atoms with Crippen LogP contribution in [0.2, 0.25) is 0 Å². The van der Waals surface area contributed by atoms with Crippen LogP contribution in [0.1, 0.15) is 0 Å². The number of hydrogen-bond acceptors (Lipinski definition) is 3. The van der Waals surface area contributed by atoms with Crippen molar-refractivity contribution in [1.29, 1.82) is 0 Å². The van der Waals surface area contributed by atoms with Gasteiger partial charge in [0.2, 0.25) is 0 Å². The van der Waals surface area contributed by atoms with Crippen LogP contribution in [0.25, 0.3) is 22.3 Å². The van der Waals surface area contributed by atoms with Crippen LogP contribution in [-0.2, 0) is 0 Å². The minimum absolute atomic E-state index is 0.534. The van der Waals surface area contributed by atoms with Gasteiger partial charge < -0.3 is 4.42 Å². The second kappa shape index (κ2) is 6.29. The molecule has 1 nitrogen and oxygen atoms in total. The van der Waals surface area contributed by atoms with Crippen LogP contribution >= 0.6 is 24.0 Å². The molecule has 0 spiro atoms. The van der Waals surface area contributed by atoms with E-state index in [0.29, 0.717) is 4.71 Å². The summed E-state index contributed by atoms with van der Waals surface area (Å²) in [6, 6.07) is 22.5. The molecule has 2 aromatic carbocycles. The van der Waals surface area contributed by atoms with Crippen LogP contribution in [0.4, 0.5) is 0 Å². The Morgan fingerprint density at radius 2 is 1.43 bits per heavy atom. The highest BCUT2D eigenvalue weighted by atomic mass is 32.2. The average Bonchev–Trinajstić information content (AvgIpc) is 2.55. The van der Waals surface area contributed by atoms with Gasteiger partial charge in [0, 0.05) is 5.56 Å². The van der Waals surface area contributed by atoms with E-state index in [9.17, 15) is 0 Å². The minimum atomic E-state index is 0.534. The summed E-state index contributed by atoms with van der Waals surface area (Å²) in [5.41, 5.74) is 4.32. The summed E-state index contributed by atoms with van der Waals surface area (Å²) in [4.78, 5) is 0. The summed E-state index contributed by atoms with van der Waals surface area (Å²) in [5, 5.41) is 0.832. The van der Waals surface area contributed by atoms with E-state index in [1.54, 1.807) is 11.8 Å². The van der Waals surface area contributed by atoms with Gasteiger partial charge in [0.25, 0.3) is 0 Å². The van der Waals surface area contributed by atoms with E-state index in [2.05, 4.69) is 30.3 Å². The summed E-state index contributed by atoms with van der Waals surface area (Å²) >= 11 is 7.06. The SMILES string of the molecule is CSc1cc(-c2ccccc2)c(-c2ccccc2)c(=S)o1. The first-order valence-electron chi connectivity index (χ1n) is 6.62. The maximum atomic E-state index is 5.75. The third kappa shape index (κ3) is 2.94. The molecule has 0 bridgehead atoms. The lowest BCUT2D eigenvalue weighted by Gasteiger charge is -2.11. The molecule has 0 saturated heterocycles. The molecular formula is C18H14OS2. The molecule has 0 amide bonds. The van der Waals surface area contributed by atoms with Crippen LogP contribution in [0, 0.1) is 4.71 Å². The Morgan fingerprint density at radius 1 is 0.857 bits per heavy atom. The zero-order chi connectivity index (χ0) is 14.7. The molecule has 0 aliphatic heterocycles. The molecule has 0 N–H and O–H groups in total. The Bertz CT molecular complexity index is 792. The van der Waals surface area contributed by atoms with Crippen LogP contribution < -0.4 is 0 Å². The minimum Gasteiger partial charge on any atom is -0.438 e. The van der Waals surface area contributed by atoms with E-state index in [1.165, 1.54) is 0 Å². The van der Waals surface area contributed by atoms with Crippen LogP contribution in [0.5, 0.6) is 0 Å². The van der Waals surface area contributed by atoms with E-state index in [-0.39, 0.29) is 0 Å². The fourth-order valence-corrected chi connectivity index (χ4v) is 3.07. The van der Waals surface area contributed by atoms with Gasteiger partial charge >= 0.3 is 0 Å². The van der Waals surface area contributed by atoms with Crippen LogP contribution in [0.15, 0.2) is 76.2 Å². The van der Waals surface area contributed by atoms with Crippen LogP contribution in [0.3, 0.4) is 0 Å². The summed E-state index contributed by atoms with van der Waals surface area (Å²) in [6.45, 7) is 0. The Balaban J connectivity index is 2.31. The fourth-order valence-electron chi connectivity index (χ4n) is 2.30. The van der Waals surface area contributed by atoms with E-state index >= 15 is 0 Å². The van der Waals surface area contributed by atoms with E-state index in [0.717, 1.165) is 27.3 Å². The predicted molar refractivity (Wildman–Crippen MR) is 92.2 cm³/mol. The van der Waals surface area contributed by atoms with Crippen molar-refractivity contribution in [3.8, 4) is 22.3 Å². The van der Waals surface area contributed by atoms with Crippen molar-refractivity contribution in [3.05, 3.63) is 71.4 Å². The third-order valence-electron chi connectivity index (χ3n) is 3.28. The Morgan fingerprint density at radius 3 is 2.00 bits per heavy atom. The van der Waals surface area contributed by atoms with Gasteiger partial charge in [-0.05, 0) is 41.2 Å². The second-order valence-corrected chi connectivity index (χ2v) is 5.76. The summed E-state index contributed by atoms with van der Waals surface area (Å²) in [6.07, 6.45) is 1.99. The summed E-state index contributed by atoms with van der Waals surface area (Å²) in [7, 11) is 0. The van der Waals surface area contributed by atoms with Gasteiger partial charge in [-0.3, -0.25) is 0 Å². The number of hydrogen-bond donors (Lipinski definition) is 0. The van der Waals surface area contributed by atoms with Crippen LogP contribution in [-0.4, -0.2) is 6.26 Å². The maximum absolute atomic E-state index is 5.75. The molecule has 3 rings (SSSR count). The van der Waals surface area contributed by atoms with Gasteiger partial charge in [0.15, 0.2) is 9.80 Å². The van der Waals surface area contributed by atoms with E-state index in [4.69, 9.17) is 16.6 Å². The van der Waals surface area contributed by atoms with Crippen molar-refractivity contribution in [2.45, 2.75) is 5.09 Å². The Hall–Kier alpha value is -1.84. The highest BCUT2D eigenvalue weighted by molar-refractivity contribution is 7.98. The highest BCUT2D eigenvalue weighted by Gasteiger charge is 2.12. The molecular weight excluding hydrogens is 296 g/mol. The third-order valence-corrected chi connectivity index (χ3v) is 4.17. The number of rotatable bonds is 3. The van der Waals surface area contributed by atoms with Crippen molar-refractivity contribution in [2.75, 3.05) is 6.26 Å². The molecule has 3 aromatic rings. The first kappa shape index (κ1) is 14.1. The van der Waals surface area contributed by atoms with Crippen molar-refractivity contribution in [3.63, 3.8) is 0 Å². The Kier molecular flexibility index (Phi) is 4.23. The van der Waals surface area contributed by atoms with Gasteiger partial charge in [0.1, 0.15) is 0 Å². The molecule has 0 unspecified atom stereocenters. The quantitative estimate of drug-likeness (QED) is 0.431.